The summed E-state index contributed by atoms with van der Waals surface area (Å²) in [5.74, 6) is -2.53. The van der Waals surface area contributed by atoms with E-state index in [9.17, 15) is 9.59 Å². The molecule has 0 rings (SSSR count). The maximum absolute atomic E-state index is 10.9. The average Bonchev–Trinajstić information content (AvgIpc) is 2.00. The molecule has 0 aliphatic heterocycles. The third-order valence-corrected chi connectivity index (χ3v) is 1.25. The molecule has 0 radical (unpaired) electrons. The predicted octanol–water partition coefficient (Wildman–Crippen LogP) is -1.68. The molecule has 0 saturated heterocycles. The van der Waals surface area contributed by atoms with E-state index in [-0.39, 0.29) is 6.04 Å². The number of aliphatic carboxylic acids is 1. The second kappa shape index (κ2) is 4.78. The summed E-state index contributed by atoms with van der Waals surface area (Å²) in [5, 5.41) is 28.2. The Balaban J connectivity index is 4.17. The molecule has 76 valence electrons. The zero-order valence-corrected chi connectivity index (χ0v) is 7.39. The molecule has 0 bridgehead atoms. The second-order valence-corrected chi connectivity index (χ2v) is 2.89. The summed E-state index contributed by atoms with van der Waals surface area (Å²) in [7, 11) is 0. The molecule has 6 nitrogen and oxygen atoms in total. The van der Waals surface area contributed by atoms with Gasteiger partial charge in [-0.05, 0) is 13.8 Å². The van der Waals surface area contributed by atoms with Crippen LogP contribution in [0, 0.1) is 0 Å². The predicted molar refractivity (Wildman–Crippen MR) is 42.9 cm³/mol. The Bertz CT molecular complexity index is 203. The van der Waals surface area contributed by atoms with E-state index in [2.05, 4.69) is 5.32 Å². The Morgan fingerprint density at radius 2 is 1.62 bits per heavy atom. The van der Waals surface area contributed by atoms with Gasteiger partial charge >= 0.3 is 5.97 Å². The van der Waals surface area contributed by atoms with E-state index < -0.39 is 24.1 Å². The number of carboxylic acid groups (broad SMARTS) is 1. The molecule has 6 heteroatoms. The minimum absolute atomic E-state index is 0.219. The molecule has 0 heterocycles. The van der Waals surface area contributed by atoms with Crippen LogP contribution in [0.5, 0.6) is 0 Å². The van der Waals surface area contributed by atoms with Crippen molar-refractivity contribution in [2.45, 2.75) is 32.1 Å². The number of carbonyl (C=O) groups is 2. The number of hydrogen-bond acceptors (Lipinski definition) is 4. The number of nitrogens with one attached hydrogen (secondary N) is 1. The highest BCUT2D eigenvalue weighted by molar-refractivity contribution is 5.87. The van der Waals surface area contributed by atoms with E-state index in [0.29, 0.717) is 0 Å². The van der Waals surface area contributed by atoms with Crippen LogP contribution < -0.4 is 5.32 Å². The van der Waals surface area contributed by atoms with Gasteiger partial charge in [-0.25, -0.2) is 4.79 Å². The molecular weight excluding hydrogens is 178 g/mol. The summed E-state index contributed by atoms with van der Waals surface area (Å²) in [5.41, 5.74) is 0. The van der Waals surface area contributed by atoms with Gasteiger partial charge in [-0.2, -0.15) is 0 Å². The Labute approximate surface area is 75.2 Å². The lowest BCUT2D eigenvalue weighted by Crippen LogP contribution is -2.47. The van der Waals surface area contributed by atoms with Gasteiger partial charge in [0.25, 0.3) is 5.91 Å². The second-order valence-electron chi connectivity index (χ2n) is 2.89. The highest BCUT2D eigenvalue weighted by Crippen LogP contribution is 1.94. The Kier molecular flexibility index (Phi) is 4.36. The number of hydrogen-bond donors (Lipinski definition) is 4. The van der Waals surface area contributed by atoms with Crippen molar-refractivity contribution in [1.29, 1.82) is 0 Å². The molecule has 0 aliphatic carbocycles. The van der Waals surface area contributed by atoms with Crippen molar-refractivity contribution in [1.82, 2.24) is 5.32 Å². The molecule has 4 N–H and O–H groups in total. The molecule has 0 spiro atoms. The molecule has 0 aromatic rings. The summed E-state index contributed by atoms with van der Waals surface area (Å²) in [6, 6.07) is -0.219. The van der Waals surface area contributed by atoms with Crippen LogP contribution in [0.3, 0.4) is 0 Å². The number of carboxylic acids is 1. The first kappa shape index (κ1) is 11.9. The average molecular weight is 191 g/mol. The number of aliphatic hydroxyl groups excluding tert-OH is 2. The van der Waals surface area contributed by atoms with Crippen LogP contribution in [0.1, 0.15) is 13.8 Å². The minimum atomic E-state index is -2.08. The van der Waals surface area contributed by atoms with Gasteiger partial charge in [0.1, 0.15) is 0 Å². The maximum atomic E-state index is 10.9. The van der Waals surface area contributed by atoms with Gasteiger partial charge in [-0.1, -0.05) is 0 Å². The molecule has 0 fully saturated rings. The zero-order chi connectivity index (χ0) is 10.6. The maximum Gasteiger partial charge on any atom is 0.335 e. The van der Waals surface area contributed by atoms with Gasteiger partial charge in [0, 0.05) is 6.04 Å². The molecule has 0 aromatic heterocycles. The smallest absolute Gasteiger partial charge is 0.335 e. The van der Waals surface area contributed by atoms with Crippen LogP contribution in [0.15, 0.2) is 0 Å². The standard InChI is InChI=1S/C7H13NO5/c1-3(2)8-6(11)4(9)5(10)7(12)13/h3-5,9-10H,1-2H3,(H,8,11)(H,12,13)/t4-,5-/m1/s1. The molecule has 0 aromatic carbocycles. The van der Waals surface area contributed by atoms with Gasteiger partial charge in [-0.3, -0.25) is 4.79 Å². The Hall–Kier alpha value is -1.14. The Morgan fingerprint density at radius 3 is 1.92 bits per heavy atom. The zero-order valence-electron chi connectivity index (χ0n) is 7.39. The van der Waals surface area contributed by atoms with E-state index >= 15 is 0 Å². The van der Waals surface area contributed by atoms with Crippen molar-refractivity contribution in [2.24, 2.45) is 0 Å². The first-order valence-electron chi connectivity index (χ1n) is 3.75. The van der Waals surface area contributed by atoms with E-state index in [1.165, 1.54) is 0 Å². The highest BCUT2D eigenvalue weighted by Gasteiger charge is 2.29. The fourth-order valence-electron chi connectivity index (χ4n) is 0.648. The van der Waals surface area contributed by atoms with Crippen LogP contribution in [0.25, 0.3) is 0 Å². The SMILES string of the molecule is CC(C)NC(=O)[C@H](O)[C@@H](O)C(=O)O. The normalized spacial score (nSPS) is 15.2. The van der Waals surface area contributed by atoms with E-state index in [1.54, 1.807) is 13.8 Å². The van der Waals surface area contributed by atoms with E-state index in [4.69, 9.17) is 15.3 Å². The monoisotopic (exact) mass is 191 g/mol. The largest absolute Gasteiger partial charge is 0.479 e. The number of rotatable bonds is 4. The number of carbonyl (C=O) groups excluding carboxylic acids is 1. The summed E-state index contributed by atoms with van der Waals surface area (Å²) < 4.78 is 0. The molecule has 13 heavy (non-hydrogen) atoms. The highest BCUT2D eigenvalue weighted by atomic mass is 16.4. The lowest BCUT2D eigenvalue weighted by Gasteiger charge is -2.15. The van der Waals surface area contributed by atoms with Gasteiger partial charge in [-0.15, -0.1) is 0 Å². The van der Waals surface area contributed by atoms with E-state index in [1.807, 2.05) is 0 Å². The van der Waals surface area contributed by atoms with Crippen LogP contribution in [0.2, 0.25) is 0 Å². The first-order valence-corrected chi connectivity index (χ1v) is 3.75. The van der Waals surface area contributed by atoms with Gasteiger partial charge < -0.3 is 20.6 Å². The molecule has 0 saturated carbocycles. The van der Waals surface area contributed by atoms with E-state index in [0.717, 1.165) is 0 Å². The summed E-state index contributed by atoms with van der Waals surface area (Å²) in [6.45, 7) is 3.30. The van der Waals surface area contributed by atoms with Crippen molar-refractivity contribution in [3.8, 4) is 0 Å². The van der Waals surface area contributed by atoms with Gasteiger partial charge in [0.2, 0.25) is 0 Å². The fraction of sp³-hybridized carbons (Fsp3) is 0.714. The van der Waals surface area contributed by atoms with Crippen molar-refractivity contribution < 1.29 is 24.9 Å². The van der Waals surface area contributed by atoms with Crippen LogP contribution >= 0.6 is 0 Å². The molecule has 0 aliphatic rings. The van der Waals surface area contributed by atoms with Crippen molar-refractivity contribution in [3.05, 3.63) is 0 Å². The molecule has 1 amide bonds. The molecular formula is C7H13NO5. The summed E-state index contributed by atoms with van der Waals surface area (Å²) in [4.78, 5) is 21.1. The fourth-order valence-corrected chi connectivity index (χ4v) is 0.648. The van der Waals surface area contributed by atoms with Crippen LogP contribution in [-0.4, -0.2) is 45.4 Å². The number of aliphatic hydroxyl groups is 2. The van der Waals surface area contributed by atoms with Crippen molar-refractivity contribution in [3.63, 3.8) is 0 Å². The first-order chi connectivity index (χ1) is 5.86. The lowest BCUT2D eigenvalue weighted by molar-refractivity contribution is -0.158. The van der Waals surface area contributed by atoms with Gasteiger partial charge in [0.15, 0.2) is 12.2 Å². The third-order valence-electron chi connectivity index (χ3n) is 1.25. The number of amides is 1. The Morgan fingerprint density at radius 1 is 1.15 bits per heavy atom. The summed E-state index contributed by atoms with van der Waals surface area (Å²) >= 11 is 0. The molecule has 2 atom stereocenters. The van der Waals surface area contributed by atoms with Crippen LogP contribution in [-0.2, 0) is 9.59 Å². The quantitative estimate of drug-likeness (QED) is 0.424. The van der Waals surface area contributed by atoms with Gasteiger partial charge in [0.05, 0.1) is 0 Å². The minimum Gasteiger partial charge on any atom is -0.479 e. The molecule has 0 unspecified atom stereocenters. The van der Waals surface area contributed by atoms with Crippen molar-refractivity contribution in [2.75, 3.05) is 0 Å². The topological polar surface area (TPSA) is 107 Å². The summed E-state index contributed by atoms with van der Waals surface area (Å²) in [6.07, 6.45) is -4.02. The third kappa shape index (κ3) is 3.86. The van der Waals surface area contributed by atoms with Crippen LogP contribution in [0.4, 0.5) is 0 Å². The van der Waals surface area contributed by atoms with Crippen molar-refractivity contribution >= 4 is 11.9 Å². The lowest BCUT2D eigenvalue weighted by atomic mass is 10.2.